The van der Waals surface area contributed by atoms with Crippen LogP contribution in [0, 0.1) is 0 Å². The minimum atomic E-state index is 0.0895. The number of benzene rings is 1. The van der Waals surface area contributed by atoms with Gasteiger partial charge in [-0.1, -0.05) is 35.9 Å². The van der Waals surface area contributed by atoms with Crippen LogP contribution in [0.3, 0.4) is 0 Å². The summed E-state index contributed by atoms with van der Waals surface area (Å²) in [6, 6.07) is 11.6. The van der Waals surface area contributed by atoms with E-state index in [1.807, 2.05) is 11.0 Å². The van der Waals surface area contributed by atoms with Crippen molar-refractivity contribution in [3.63, 3.8) is 0 Å². The summed E-state index contributed by atoms with van der Waals surface area (Å²) in [5.41, 5.74) is 2.59. The van der Waals surface area contributed by atoms with E-state index in [0.29, 0.717) is 15.8 Å². The first kappa shape index (κ1) is 21.4. The zero-order chi connectivity index (χ0) is 21.2. The summed E-state index contributed by atoms with van der Waals surface area (Å²) in [6.07, 6.45) is 7.02. The van der Waals surface area contributed by atoms with Crippen molar-refractivity contribution in [2.24, 2.45) is 0 Å². The summed E-state index contributed by atoms with van der Waals surface area (Å²) in [5.74, 6) is 0.732. The van der Waals surface area contributed by atoms with Gasteiger partial charge >= 0.3 is 0 Å². The molecule has 3 aliphatic heterocycles. The molecule has 0 radical (unpaired) electrons. The van der Waals surface area contributed by atoms with Crippen LogP contribution in [0.2, 0.25) is 5.02 Å². The predicted octanol–water partition coefficient (Wildman–Crippen LogP) is 5.66. The van der Waals surface area contributed by atoms with Gasteiger partial charge in [0.2, 0.25) is 0 Å². The smallest absolute Gasteiger partial charge is 0.265 e. The number of rotatable bonds is 4. The standard InChI is InChI=1S/C25H31ClN2O2S/c26-22-17-23(31-24(22)25(29)28-11-1-2-12-28)20-5-3-18(4-6-20)19-7-13-27(14-8-19)21-9-15-30-16-10-21/h3-6,17,19,21H,1-2,7-16H2. The molecule has 0 saturated carbocycles. The molecule has 0 aliphatic carbocycles. The molecule has 4 nitrogen and oxygen atoms in total. The molecular weight excluding hydrogens is 428 g/mol. The molecule has 3 saturated heterocycles. The molecule has 31 heavy (non-hydrogen) atoms. The maximum absolute atomic E-state index is 12.8. The molecular formula is C25H31ClN2O2S. The fourth-order valence-electron chi connectivity index (χ4n) is 5.29. The first-order valence-corrected chi connectivity index (χ1v) is 12.9. The van der Waals surface area contributed by atoms with E-state index in [9.17, 15) is 4.79 Å². The molecule has 1 aromatic heterocycles. The van der Waals surface area contributed by atoms with Crippen molar-refractivity contribution in [2.75, 3.05) is 39.4 Å². The van der Waals surface area contributed by atoms with Crippen molar-refractivity contribution in [1.29, 1.82) is 0 Å². The van der Waals surface area contributed by atoms with Crippen LogP contribution in [0.25, 0.3) is 10.4 Å². The number of hydrogen-bond donors (Lipinski definition) is 0. The highest BCUT2D eigenvalue weighted by Crippen LogP contribution is 2.37. The Kier molecular flexibility index (Phi) is 6.65. The molecule has 3 aliphatic rings. The van der Waals surface area contributed by atoms with Crippen molar-refractivity contribution in [3.8, 4) is 10.4 Å². The minimum absolute atomic E-state index is 0.0895. The molecule has 5 rings (SSSR count). The van der Waals surface area contributed by atoms with Gasteiger partial charge < -0.3 is 14.5 Å². The van der Waals surface area contributed by atoms with Crippen LogP contribution in [-0.4, -0.2) is 61.1 Å². The SMILES string of the molecule is O=C(c1sc(-c2ccc(C3CCN(C4CCOCC4)CC3)cc2)cc1Cl)N1CCCC1. The molecule has 0 N–H and O–H groups in total. The zero-order valence-corrected chi connectivity index (χ0v) is 19.6. The van der Waals surface area contributed by atoms with Crippen molar-refractivity contribution >= 4 is 28.8 Å². The summed E-state index contributed by atoms with van der Waals surface area (Å²) in [7, 11) is 0. The second-order valence-corrected chi connectivity index (χ2v) is 10.5. The molecule has 0 atom stereocenters. The van der Waals surface area contributed by atoms with E-state index < -0.39 is 0 Å². The lowest BCUT2D eigenvalue weighted by Gasteiger charge is -2.39. The fraction of sp³-hybridized carbons (Fsp3) is 0.560. The predicted molar refractivity (Wildman–Crippen MR) is 127 cm³/mol. The van der Waals surface area contributed by atoms with E-state index in [-0.39, 0.29) is 5.91 Å². The normalized spacial score (nSPS) is 21.6. The Labute approximate surface area is 194 Å². The number of hydrogen-bond acceptors (Lipinski definition) is 4. The maximum atomic E-state index is 12.8. The van der Waals surface area contributed by atoms with E-state index in [1.165, 1.54) is 55.7 Å². The second kappa shape index (κ2) is 9.62. The third-order valence-electron chi connectivity index (χ3n) is 7.18. The highest BCUT2D eigenvalue weighted by atomic mass is 35.5. The van der Waals surface area contributed by atoms with E-state index in [0.717, 1.165) is 55.6 Å². The monoisotopic (exact) mass is 458 g/mol. The molecule has 0 bridgehead atoms. The van der Waals surface area contributed by atoms with Crippen molar-refractivity contribution in [3.05, 3.63) is 45.8 Å². The molecule has 0 unspecified atom stereocenters. The van der Waals surface area contributed by atoms with Gasteiger partial charge in [-0.25, -0.2) is 0 Å². The van der Waals surface area contributed by atoms with Crippen molar-refractivity contribution in [1.82, 2.24) is 9.80 Å². The van der Waals surface area contributed by atoms with Gasteiger partial charge in [0, 0.05) is 37.2 Å². The highest BCUT2D eigenvalue weighted by Gasteiger charge is 2.27. The van der Waals surface area contributed by atoms with Crippen molar-refractivity contribution in [2.45, 2.75) is 50.5 Å². The van der Waals surface area contributed by atoms with E-state index in [2.05, 4.69) is 29.2 Å². The van der Waals surface area contributed by atoms with E-state index in [1.54, 1.807) is 0 Å². The van der Waals surface area contributed by atoms with Gasteiger partial charge in [-0.15, -0.1) is 11.3 Å². The highest BCUT2D eigenvalue weighted by molar-refractivity contribution is 7.18. The summed E-state index contributed by atoms with van der Waals surface area (Å²) < 4.78 is 5.52. The molecule has 0 spiro atoms. The minimum Gasteiger partial charge on any atom is -0.381 e. The number of nitrogens with zero attached hydrogens (tertiary/aromatic N) is 2. The number of likely N-dealkylation sites (tertiary alicyclic amines) is 2. The molecule has 6 heteroatoms. The number of carbonyl (C=O) groups is 1. The Bertz CT molecular complexity index is 893. The number of carbonyl (C=O) groups excluding carboxylic acids is 1. The van der Waals surface area contributed by atoms with Crippen molar-refractivity contribution < 1.29 is 9.53 Å². The van der Waals surface area contributed by atoms with E-state index in [4.69, 9.17) is 16.3 Å². The average Bonchev–Trinajstić information content (AvgIpc) is 3.50. The van der Waals surface area contributed by atoms with Gasteiger partial charge in [-0.05, 0) is 74.7 Å². The van der Waals surface area contributed by atoms with Crippen LogP contribution in [0.1, 0.15) is 59.7 Å². The molecule has 166 valence electrons. The number of amides is 1. The Morgan fingerprint density at radius 1 is 0.968 bits per heavy atom. The summed E-state index contributed by atoms with van der Waals surface area (Å²) in [4.78, 5) is 19.1. The van der Waals surface area contributed by atoms with E-state index >= 15 is 0 Å². The lowest BCUT2D eigenvalue weighted by atomic mass is 9.88. The zero-order valence-electron chi connectivity index (χ0n) is 18.0. The topological polar surface area (TPSA) is 32.8 Å². The first-order chi connectivity index (χ1) is 15.2. The number of halogens is 1. The summed E-state index contributed by atoms with van der Waals surface area (Å²) in [5, 5.41) is 0.585. The van der Waals surface area contributed by atoms with Gasteiger partial charge in [0.05, 0.1) is 5.02 Å². The third kappa shape index (κ3) is 4.70. The largest absolute Gasteiger partial charge is 0.381 e. The summed E-state index contributed by atoms with van der Waals surface area (Å²) in [6.45, 7) is 5.93. The molecule has 1 amide bonds. The van der Waals surface area contributed by atoms with Gasteiger partial charge in [-0.2, -0.15) is 0 Å². The van der Waals surface area contributed by atoms with Crippen LogP contribution in [0.4, 0.5) is 0 Å². The second-order valence-electron chi connectivity index (χ2n) is 9.06. The van der Waals surface area contributed by atoms with Gasteiger partial charge in [-0.3, -0.25) is 4.79 Å². The average molecular weight is 459 g/mol. The Morgan fingerprint density at radius 3 is 2.32 bits per heavy atom. The molecule has 3 fully saturated rings. The Morgan fingerprint density at radius 2 is 1.65 bits per heavy atom. The van der Waals surface area contributed by atoms with Crippen LogP contribution >= 0.6 is 22.9 Å². The molecule has 2 aromatic rings. The molecule has 1 aromatic carbocycles. The van der Waals surface area contributed by atoms with Gasteiger partial charge in [0.1, 0.15) is 4.88 Å². The number of ether oxygens (including phenoxy) is 1. The van der Waals surface area contributed by atoms with Crippen LogP contribution in [0.15, 0.2) is 30.3 Å². The van der Waals surface area contributed by atoms with Crippen LogP contribution in [0.5, 0.6) is 0 Å². The first-order valence-electron chi connectivity index (χ1n) is 11.7. The van der Waals surface area contributed by atoms with Gasteiger partial charge in [0.15, 0.2) is 0 Å². The summed E-state index contributed by atoms with van der Waals surface area (Å²) >= 11 is 7.97. The number of piperidine rings is 1. The lowest BCUT2D eigenvalue weighted by molar-refractivity contribution is 0.0252. The lowest BCUT2D eigenvalue weighted by Crippen LogP contribution is -2.43. The van der Waals surface area contributed by atoms with Gasteiger partial charge in [0.25, 0.3) is 5.91 Å². The quantitative estimate of drug-likeness (QED) is 0.592. The van der Waals surface area contributed by atoms with Crippen LogP contribution in [-0.2, 0) is 4.74 Å². The third-order valence-corrected chi connectivity index (χ3v) is 8.76. The fourth-order valence-corrected chi connectivity index (χ4v) is 6.68. The Balaban J connectivity index is 1.22. The molecule has 4 heterocycles. The Hall–Kier alpha value is -1.40. The maximum Gasteiger partial charge on any atom is 0.265 e. The number of thiophene rings is 1. The van der Waals surface area contributed by atoms with Crippen LogP contribution < -0.4 is 0 Å².